The normalized spacial score (nSPS) is 12.4. The highest BCUT2D eigenvalue weighted by Gasteiger charge is 2.31. The number of sulfonamides is 1. The summed E-state index contributed by atoms with van der Waals surface area (Å²) < 4.78 is 91.4. The molecule has 0 bridgehead atoms. The van der Waals surface area contributed by atoms with Crippen molar-refractivity contribution in [3.8, 4) is 11.4 Å². The minimum atomic E-state index is -4.19. The lowest BCUT2D eigenvalue weighted by atomic mass is 10.0. The molecule has 3 aromatic heterocycles. The number of amides is 1. The number of nitrogens with one attached hydrogen (secondary N) is 1. The molecule has 6 rings (SSSR count). The van der Waals surface area contributed by atoms with Crippen molar-refractivity contribution in [2.24, 2.45) is 0 Å². The Bertz CT molecular complexity index is 2510. The first-order chi connectivity index (χ1) is 25.1. The molecular formula is C34H28ClF4N7O6S. The molecule has 2 N–H and O–H groups in total. The molecule has 3 aromatic carbocycles. The Morgan fingerprint density at radius 2 is 1.75 bits per heavy atom. The van der Waals surface area contributed by atoms with Gasteiger partial charge in [0.1, 0.15) is 29.8 Å². The maximum Gasteiger partial charge on any atom is 0.405 e. The number of aromatic nitrogens is 5. The highest BCUT2D eigenvalue weighted by Crippen LogP contribution is 2.39. The van der Waals surface area contributed by atoms with E-state index in [1.807, 2.05) is 0 Å². The van der Waals surface area contributed by atoms with E-state index in [-0.39, 0.29) is 56.4 Å². The SMILES string of the molecule is COc1ccc(CN(c2nn(CC(F)F)c3c(-n4c([C@H](Cc5cc(F)cc(F)c5)NC(=O)O)nc5ncccc5c4=O)ccc(Cl)c23)S(C)(=O)=O)cc1. The Balaban J connectivity index is 1.66. The van der Waals surface area contributed by atoms with Crippen LogP contribution in [0.4, 0.5) is 28.2 Å². The zero-order valence-electron chi connectivity index (χ0n) is 27.7. The highest BCUT2D eigenvalue weighted by atomic mass is 35.5. The second kappa shape index (κ2) is 14.7. The Morgan fingerprint density at radius 1 is 1.06 bits per heavy atom. The Kier molecular flexibility index (Phi) is 10.3. The van der Waals surface area contributed by atoms with Crippen molar-refractivity contribution in [1.29, 1.82) is 0 Å². The molecule has 0 fully saturated rings. The molecule has 0 saturated carbocycles. The van der Waals surface area contributed by atoms with Crippen LogP contribution in [0.5, 0.6) is 5.75 Å². The van der Waals surface area contributed by atoms with Gasteiger partial charge in [0.15, 0.2) is 11.5 Å². The maximum atomic E-state index is 14.4. The van der Waals surface area contributed by atoms with E-state index in [1.165, 1.54) is 37.6 Å². The predicted molar refractivity (Wildman–Crippen MR) is 187 cm³/mol. The minimum absolute atomic E-state index is 0.0169. The van der Waals surface area contributed by atoms with Gasteiger partial charge in [0, 0.05) is 18.7 Å². The summed E-state index contributed by atoms with van der Waals surface area (Å²) in [5, 5.41) is 16.1. The van der Waals surface area contributed by atoms with E-state index in [0.29, 0.717) is 17.4 Å². The molecule has 0 aliphatic rings. The van der Waals surface area contributed by atoms with Gasteiger partial charge in [-0.25, -0.2) is 45.0 Å². The van der Waals surface area contributed by atoms with Crippen molar-refractivity contribution in [2.75, 3.05) is 17.7 Å². The number of hydrogen-bond donors (Lipinski definition) is 2. The molecule has 0 spiro atoms. The fraction of sp³-hybridized carbons (Fsp3) is 0.206. The van der Waals surface area contributed by atoms with Crippen LogP contribution in [0.25, 0.3) is 27.6 Å². The van der Waals surface area contributed by atoms with Gasteiger partial charge in [-0.1, -0.05) is 23.7 Å². The van der Waals surface area contributed by atoms with Crippen molar-refractivity contribution < 1.29 is 40.6 Å². The molecule has 6 aromatic rings. The highest BCUT2D eigenvalue weighted by molar-refractivity contribution is 7.92. The fourth-order valence-corrected chi connectivity index (χ4v) is 6.99. The molecule has 0 unspecified atom stereocenters. The van der Waals surface area contributed by atoms with Crippen LogP contribution < -0.4 is 19.9 Å². The van der Waals surface area contributed by atoms with Gasteiger partial charge in [-0.3, -0.25) is 14.0 Å². The standard InChI is InChI=1S/C34H28ClF4N7O6S/c1-52-22-7-5-18(6-8-22)16-45(53(2,50)51)32-28-24(35)9-10-26(29(28)44(43-32)17-27(38)39)46-31(42-30-23(33(46)47)4-3-11-40-30)25(41-34(48)49)14-19-12-20(36)15-21(37)13-19/h3-13,15,25,27,41H,14,16-17H2,1-2H3,(H,48,49)/t25-/m0/s1. The third-order valence-electron chi connectivity index (χ3n) is 8.12. The van der Waals surface area contributed by atoms with E-state index in [0.717, 1.165) is 31.9 Å². The molecule has 0 aliphatic heterocycles. The van der Waals surface area contributed by atoms with Gasteiger partial charge < -0.3 is 15.2 Å². The molecule has 0 radical (unpaired) electrons. The van der Waals surface area contributed by atoms with Gasteiger partial charge in [-0.2, -0.15) is 5.10 Å². The largest absolute Gasteiger partial charge is 0.497 e. The van der Waals surface area contributed by atoms with Crippen LogP contribution >= 0.6 is 11.6 Å². The third kappa shape index (κ3) is 7.73. The Labute approximate surface area is 303 Å². The quantitative estimate of drug-likeness (QED) is 0.145. The summed E-state index contributed by atoms with van der Waals surface area (Å²) in [5.41, 5.74) is -0.925. The van der Waals surface area contributed by atoms with E-state index in [4.69, 9.17) is 16.3 Å². The zero-order valence-corrected chi connectivity index (χ0v) is 29.2. The third-order valence-corrected chi connectivity index (χ3v) is 9.54. The van der Waals surface area contributed by atoms with E-state index in [1.54, 1.807) is 24.3 Å². The molecule has 0 saturated heterocycles. The van der Waals surface area contributed by atoms with Crippen LogP contribution in [0.15, 0.2) is 77.7 Å². The fourth-order valence-electron chi connectivity index (χ4n) is 5.93. The number of methoxy groups -OCH3 is 1. The number of alkyl halides is 2. The first-order valence-corrected chi connectivity index (χ1v) is 17.8. The predicted octanol–water partition coefficient (Wildman–Crippen LogP) is 5.85. The lowest BCUT2D eigenvalue weighted by Crippen LogP contribution is -2.35. The summed E-state index contributed by atoms with van der Waals surface area (Å²) in [6.07, 6.45) is -2.84. The molecule has 276 valence electrons. The molecule has 53 heavy (non-hydrogen) atoms. The van der Waals surface area contributed by atoms with Gasteiger partial charge in [-0.05, 0) is 59.7 Å². The topological polar surface area (TPSA) is 162 Å². The van der Waals surface area contributed by atoms with Crippen LogP contribution in [0.1, 0.15) is 23.0 Å². The number of fused-ring (bicyclic) bond motifs is 2. The summed E-state index contributed by atoms with van der Waals surface area (Å²) in [7, 11) is -2.73. The molecule has 1 amide bonds. The lowest BCUT2D eigenvalue weighted by molar-refractivity contribution is 0.123. The monoisotopic (exact) mass is 773 g/mol. The number of anilines is 1. The first-order valence-electron chi connectivity index (χ1n) is 15.5. The van der Waals surface area contributed by atoms with E-state index < -0.39 is 58.7 Å². The summed E-state index contributed by atoms with van der Waals surface area (Å²) in [5.74, 6) is -2.09. The minimum Gasteiger partial charge on any atom is -0.497 e. The number of ether oxygens (including phenoxy) is 1. The van der Waals surface area contributed by atoms with E-state index >= 15 is 0 Å². The van der Waals surface area contributed by atoms with Crippen molar-refractivity contribution in [1.82, 2.24) is 29.6 Å². The van der Waals surface area contributed by atoms with Gasteiger partial charge >= 0.3 is 6.09 Å². The molecular weight excluding hydrogens is 746 g/mol. The average molecular weight is 774 g/mol. The van der Waals surface area contributed by atoms with E-state index in [9.17, 15) is 40.7 Å². The maximum absolute atomic E-state index is 14.4. The van der Waals surface area contributed by atoms with Crippen LogP contribution in [-0.2, 0) is 29.5 Å². The van der Waals surface area contributed by atoms with Gasteiger partial charge in [0.2, 0.25) is 10.0 Å². The van der Waals surface area contributed by atoms with Gasteiger partial charge in [0.25, 0.3) is 12.0 Å². The van der Waals surface area contributed by atoms with Crippen molar-refractivity contribution in [2.45, 2.75) is 32.0 Å². The van der Waals surface area contributed by atoms with Crippen molar-refractivity contribution >= 4 is 55.5 Å². The Morgan fingerprint density at radius 3 is 2.38 bits per heavy atom. The number of carboxylic acid groups (broad SMARTS) is 1. The van der Waals surface area contributed by atoms with Crippen LogP contribution in [-0.4, -0.2) is 63.7 Å². The van der Waals surface area contributed by atoms with E-state index in [2.05, 4.69) is 20.4 Å². The van der Waals surface area contributed by atoms with Gasteiger partial charge in [0.05, 0.1) is 53.0 Å². The number of nitrogens with zero attached hydrogens (tertiary/aromatic N) is 6. The summed E-state index contributed by atoms with van der Waals surface area (Å²) in [4.78, 5) is 35.2. The Hall–Kier alpha value is -5.75. The average Bonchev–Trinajstić information content (AvgIpc) is 3.45. The van der Waals surface area contributed by atoms with Gasteiger partial charge in [-0.15, -0.1) is 0 Å². The number of carbonyl (C=O) groups is 1. The number of pyridine rings is 1. The zero-order chi connectivity index (χ0) is 38.2. The second-order valence-corrected chi connectivity index (χ2v) is 14.1. The molecule has 1 atom stereocenters. The summed E-state index contributed by atoms with van der Waals surface area (Å²) in [6, 6.07) is 12.9. The molecule has 19 heteroatoms. The number of rotatable bonds is 12. The molecule has 0 aliphatic carbocycles. The number of halogens is 5. The van der Waals surface area contributed by atoms with Crippen molar-refractivity contribution in [3.63, 3.8) is 0 Å². The van der Waals surface area contributed by atoms with Crippen molar-refractivity contribution in [3.05, 3.63) is 117 Å². The van der Waals surface area contributed by atoms with Crippen LogP contribution in [0, 0.1) is 11.6 Å². The smallest absolute Gasteiger partial charge is 0.405 e. The summed E-state index contributed by atoms with van der Waals surface area (Å²) in [6.45, 7) is -1.40. The number of hydrogen-bond acceptors (Lipinski definition) is 8. The molecule has 3 heterocycles. The lowest BCUT2D eigenvalue weighted by Gasteiger charge is -2.23. The second-order valence-electron chi connectivity index (χ2n) is 11.8. The summed E-state index contributed by atoms with van der Waals surface area (Å²) >= 11 is 6.70. The van der Waals surface area contributed by atoms with Crippen LogP contribution in [0.3, 0.4) is 0 Å². The molecule has 13 nitrogen and oxygen atoms in total. The first kappa shape index (κ1) is 37.0. The number of benzene rings is 3. The van der Waals surface area contributed by atoms with Crippen LogP contribution in [0.2, 0.25) is 5.02 Å².